The number of amides is 1. The first-order chi connectivity index (χ1) is 14.1. The molecule has 0 bridgehead atoms. The summed E-state index contributed by atoms with van der Waals surface area (Å²) in [5, 5.41) is 2.96. The van der Waals surface area contributed by atoms with Gasteiger partial charge in [0.25, 0.3) is 0 Å². The van der Waals surface area contributed by atoms with Crippen LogP contribution in [0.4, 0.5) is 5.69 Å². The quantitative estimate of drug-likeness (QED) is 0.662. The zero-order valence-corrected chi connectivity index (χ0v) is 16.7. The molecular formula is C24H25N3O2. The van der Waals surface area contributed by atoms with E-state index in [0.717, 1.165) is 16.9 Å². The second-order valence-electron chi connectivity index (χ2n) is 7.52. The molecule has 0 saturated carbocycles. The smallest absolute Gasteiger partial charge is 0.244 e. The van der Waals surface area contributed by atoms with E-state index in [2.05, 4.69) is 31.3 Å². The van der Waals surface area contributed by atoms with E-state index < -0.39 is 0 Å². The first-order valence-corrected chi connectivity index (χ1v) is 9.91. The zero-order chi connectivity index (χ0) is 20.2. The molecule has 29 heavy (non-hydrogen) atoms. The minimum absolute atomic E-state index is 0.0113. The average molecular weight is 387 g/mol. The van der Waals surface area contributed by atoms with E-state index in [1.165, 1.54) is 5.56 Å². The van der Waals surface area contributed by atoms with Crippen LogP contribution >= 0.6 is 0 Å². The Balaban J connectivity index is 1.43. The van der Waals surface area contributed by atoms with Crippen molar-refractivity contribution in [3.8, 4) is 0 Å². The van der Waals surface area contributed by atoms with Gasteiger partial charge in [0.05, 0.1) is 0 Å². The molecule has 1 N–H and O–H groups in total. The van der Waals surface area contributed by atoms with Crippen molar-refractivity contribution in [3.63, 3.8) is 0 Å². The molecule has 2 heterocycles. The third-order valence-electron chi connectivity index (χ3n) is 5.06. The molecule has 0 saturated heterocycles. The molecule has 1 aliphatic heterocycles. The molecule has 0 spiro atoms. The molecule has 1 atom stereocenters. The van der Waals surface area contributed by atoms with Gasteiger partial charge in [0.2, 0.25) is 11.8 Å². The molecule has 1 aromatic heterocycles. The predicted octanol–water partition coefficient (Wildman–Crippen LogP) is 4.77. The summed E-state index contributed by atoms with van der Waals surface area (Å²) in [6, 6.07) is 21.9. The molecular weight excluding hydrogens is 362 g/mol. The maximum Gasteiger partial charge on any atom is 0.244 e. The van der Waals surface area contributed by atoms with Crippen LogP contribution in [-0.2, 0) is 16.1 Å². The van der Waals surface area contributed by atoms with Gasteiger partial charge in [-0.2, -0.15) is 0 Å². The molecule has 0 aliphatic carbocycles. The third-order valence-corrected chi connectivity index (χ3v) is 5.06. The SMILES string of the molecule is CC(C)c1ccc(NC(=O)Cn2cccc2C2=NC(c3ccccc3)CO2)cc1. The number of carbonyl (C=O) groups excluding carboxylic acids is 1. The lowest BCUT2D eigenvalue weighted by Gasteiger charge is -2.11. The highest BCUT2D eigenvalue weighted by molar-refractivity contribution is 5.95. The highest BCUT2D eigenvalue weighted by Crippen LogP contribution is 2.25. The van der Waals surface area contributed by atoms with Crippen LogP contribution < -0.4 is 5.32 Å². The summed E-state index contributed by atoms with van der Waals surface area (Å²) in [7, 11) is 0. The van der Waals surface area contributed by atoms with E-state index in [0.29, 0.717) is 18.4 Å². The summed E-state index contributed by atoms with van der Waals surface area (Å²) < 4.78 is 7.70. The van der Waals surface area contributed by atoms with Gasteiger partial charge in [0, 0.05) is 11.9 Å². The number of ether oxygens (including phenoxy) is 1. The Morgan fingerprint density at radius 3 is 2.59 bits per heavy atom. The van der Waals surface area contributed by atoms with Crippen LogP contribution in [0.5, 0.6) is 0 Å². The number of aromatic nitrogens is 1. The maximum atomic E-state index is 12.5. The number of nitrogens with zero attached hydrogens (tertiary/aromatic N) is 2. The van der Waals surface area contributed by atoms with E-state index in [9.17, 15) is 4.79 Å². The molecule has 2 aromatic carbocycles. The van der Waals surface area contributed by atoms with Crippen LogP contribution in [0.2, 0.25) is 0 Å². The van der Waals surface area contributed by atoms with Gasteiger partial charge in [-0.25, -0.2) is 4.99 Å². The minimum Gasteiger partial charge on any atom is -0.474 e. The number of nitrogens with one attached hydrogen (secondary N) is 1. The van der Waals surface area contributed by atoms with Gasteiger partial charge in [0.15, 0.2) is 0 Å². The van der Waals surface area contributed by atoms with Gasteiger partial charge in [-0.15, -0.1) is 0 Å². The number of benzene rings is 2. The fourth-order valence-corrected chi connectivity index (χ4v) is 3.41. The van der Waals surface area contributed by atoms with Gasteiger partial charge in [-0.3, -0.25) is 4.79 Å². The molecule has 3 aromatic rings. The fourth-order valence-electron chi connectivity index (χ4n) is 3.41. The van der Waals surface area contributed by atoms with Crippen molar-refractivity contribution >= 4 is 17.5 Å². The number of hydrogen-bond acceptors (Lipinski definition) is 3. The lowest BCUT2D eigenvalue weighted by molar-refractivity contribution is -0.116. The molecule has 5 heteroatoms. The van der Waals surface area contributed by atoms with Gasteiger partial charge < -0.3 is 14.6 Å². The molecule has 5 nitrogen and oxygen atoms in total. The number of rotatable bonds is 6. The van der Waals surface area contributed by atoms with Crippen molar-refractivity contribution in [1.29, 1.82) is 0 Å². The van der Waals surface area contributed by atoms with Crippen molar-refractivity contribution in [2.75, 3.05) is 11.9 Å². The Morgan fingerprint density at radius 2 is 1.86 bits per heavy atom. The Labute approximate surface area is 171 Å². The first-order valence-electron chi connectivity index (χ1n) is 9.91. The highest BCUT2D eigenvalue weighted by atomic mass is 16.5. The molecule has 0 fully saturated rings. The van der Waals surface area contributed by atoms with Crippen LogP contribution in [0.15, 0.2) is 77.9 Å². The van der Waals surface area contributed by atoms with Crippen molar-refractivity contribution in [2.24, 2.45) is 4.99 Å². The Morgan fingerprint density at radius 1 is 1.10 bits per heavy atom. The topological polar surface area (TPSA) is 55.6 Å². The largest absolute Gasteiger partial charge is 0.474 e. The van der Waals surface area contributed by atoms with Crippen LogP contribution in [0, 0.1) is 0 Å². The number of carbonyl (C=O) groups is 1. The van der Waals surface area contributed by atoms with Crippen molar-refractivity contribution in [1.82, 2.24) is 4.57 Å². The van der Waals surface area contributed by atoms with Gasteiger partial charge in [-0.1, -0.05) is 56.3 Å². The Hall–Kier alpha value is -3.34. The van der Waals surface area contributed by atoms with Gasteiger partial charge >= 0.3 is 0 Å². The second kappa shape index (κ2) is 8.35. The Bertz CT molecular complexity index is 1000. The molecule has 1 aliphatic rings. The van der Waals surface area contributed by atoms with Crippen molar-refractivity contribution in [3.05, 3.63) is 89.7 Å². The summed E-state index contributed by atoms with van der Waals surface area (Å²) in [6.07, 6.45) is 1.87. The fraction of sp³-hybridized carbons (Fsp3) is 0.250. The molecule has 1 unspecified atom stereocenters. The minimum atomic E-state index is -0.0852. The summed E-state index contributed by atoms with van der Waals surface area (Å²) in [6.45, 7) is 5.01. The molecule has 0 radical (unpaired) electrons. The standard InChI is InChI=1S/C24H25N3O2/c1-17(2)18-10-12-20(13-11-18)25-23(28)15-27-14-6-9-22(27)24-26-21(16-29-24)19-7-4-3-5-8-19/h3-14,17,21H,15-16H2,1-2H3,(H,25,28). The molecule has 1 amide bonds. The second-order valence-corrected chi connectivity index (χ2v) is 7.52. The van der Waals surface area contributed by atoms with Crippen molar-refractivity contribution < 1.29 is 9.53 Å². The van der Waals surface area contributed by atoms with E-state index >= 15 is 0 Å². The summed E-state index contributed by atoms with van der Waals surface area (Å²) in [5.41, 5.74) is 3.99. The van der Waals surface area contributed by atoms with E-state index in [1.54, 1.807) is 0 Å². The Kier molecular flexibility index (Phi) is 5.47. The van der Waals surface area contributed by atoms with Crippen molar-refractivity contribution in [2.45, 2.75) is 32.4 Å². The summed E-state index contributed by atoms with van der Waals surface area (Å²) >= 11 is 0. The summed E-state index contributed by atoms with van der Waals surface area (Å²) in [5.74, 6) is 0.963. The van der Waals surface area contributed by atoms with Gasteiger partial charge in [-0.05, 0) is 41.3 Å². The lowest BCUT2D eigenvalue weighted by Crippen LogP contribution is -2.21. The monoisotopic (exact) mass is 387 g/mol. The zero-order valence-electron chi connectivity index (χ0n) is 16.7. The van der Waals surface area contributed by atoms with Crippen LogP contribution in [-0.4, -0.2) is 23.0 Å². The van der Waals surface area contributed by atoms with E-state index in [-0.39, 0.29) is 18.5 Å². The number of hydrogen-bond donors (Lipinski definition) is 1. The van der Waals surface area contributed by atoms with Crippen LogP contribution in [0.1, 0.15) is 42.6 Å². The predicted molar refractivity (Wildman–Crippen MR) is 115 cm³/mol. The average Bonchev–Trinajstić information content (AvgIpc) is 3.38. The number of anilines is 1. The van der Waals surface area contributed by atoms with E-state index in [1.807, 2.05) is 65.4 Å². The van der Waals surface area contributed by atoms with Crippen LogP contribution in [0.3, 0.4) is 0 Å². The normalized spacial score (nSPS) is 15.8. The van der Waals surface area contributed by atoms with E-state index in [4.69, 9.17) is 9.73 Å². The number of aliphatic imine (C=N–C) groups is 1. The molecule has 4 rings (SSSR count). The summed E-state index contributed by atoms with van der Waals surface area (Å²) in [4.78, 5) is 17.3. The first kappa shape index (κ1) is 19.0. The highest BCUT2D eigenvalue weighted by Gasteiger charge is 2.23. The maximum absolute atomic E-state index is 12.5. The van der Waals surface area contributed by atoms with Gasteiger partial charge in [0.1, 0.15) is 24.9 Å². The molecule has 148 valence electrons. The third kappa shape index (κ3) is 4.40. The van der Waals surface area contributed by atoms with Crippen LogP contribution in [0.25, 0.3) is 0 Å². The lowest BCUT2D eigenvalue weighted by atomic mass is 10.0.